The lowest BCUT2D eigenvalue weighted by Gasteiger charge is -2.09. The average Bonchev–Trinajstić information content (AvgIpc) is 3.17. The van der Waals surface area contributed by atoms with Gasteiger partial charge in [-0.1, -0.05) is 35.0 Å². The molecule has 110 valence electrons. The van der Waals surface area contributed by atoms with Crippen molar-refractivity contribution in [1.29, 1.82) is 0 Å². The van der Waals surface area contributed by atoms with E-state index in [0.29, 0.717) is 18.3 Å². The number of hydrogen-bond acceptors (Lipinski definition) is 4. The highest BCUT2D eigenvalue weighted by Gasteiger charge is 2.18. The summed E-state index contributed by atoms with van der Waals surface area (Å²) < 4.78 is 5.14. The van der Waals surface area contributed by atoms with Crippen LogP contribution in [0.25, 0.3) is 11.3 Å². The molecule has 0 radical (unpaired) electrons. The Morgan fingerprint density at radius 3 is 2.95 bits per heavy atom. The normalized spacial score (nSPS) is 17.9. The highest BCUT2D eigenvalue weighted by molar-refractivity contribution is 5.92. The minimum atomic E-state index is -0.213. The van der Waals surface area contributed by atoms with Gasteiger partial charge in [-0.3, -0.25) is 4.79 Å². The molecule has 0 saturated carbocycles. The van der Waals surface area contributed by atoms with Gasteiger partial charge < -0.3 is 15.2 Å². The van der Waals surface area contributed by atoms with Crippen molar-refractivity contribution < 1.29 is 9.32 Å². The van der Waals surface area contributed by atoms with Crippen LogP contribution in [-0.2, 0) is 0 Å². The predicted molar refractivity (Wildman–Crippen MR) is 80.0 cm³/mol. The third kappa shape index (κ3) is 3.31. The molecule has 1 aliphatic rings. The topological polar surface area (TPSA) is 67.2 Å². The van der Waals surface area contributed by atoms with Crippen LogP contribution in [0.4, 0.5) is 0 Å². The van der Waals surface area contributed by atoms with Crippen LogP contribution in [0.1, 0.15) is 29.0 Å². The minimum absolute atomic E-state index is 0.213. The summed E-state index contributed by atoms with van der Waals surface area (Å²) in [7, 11) is 0. The molecule has 0 spiro atoms. The number of carbonyl (C=O) groups excluding carboxylic acids is 1. The average molecular weight is 285 g/mol. The number of aromatic nitrogens is 1. The van der Waals surface area contributed by atoms with Crippen LogP contribution in [0.15, 0.2) is 34.9 Å². The van der Waals surface area contributed by atoms with E-state index in [9.17, 15) is 4.79 Å². The van der Waals surface area contributed by atoms with Crippen molar-refractivity contribution in [3.05, 3.63) is 41.7 Å². The monoisotopic (exact) mass is 285 g/mol. The summed E-state index contributed by atoms with van der Waals surface area (Å²) in [5.74, 6) is 0.0399. The van der Waals surface area contributed by atoms with Crippen molar-refractivity contribution in [1.82, 2.24) is 15.8 Å². The van der Waals surface area contributed by atoms with E-state index in [2.05, 4.69) is 15.8 Å². The molecule has 1 aromatic heterocycles. The second-order valence-corrected chi connectivity index (χ2v) is 5.45. The minimum Gasteiger partial charge on any atom is -0.350 e. The molecule has 21 heavy (non-hydrogen) atoms. The van der Waals surface area contributed by atoms with Gasteiger partial charge in [0.1, 0.15) is 5.69 Å². The van der Waals surface area contributed by atoms with E-state index in [1.165, 1.54) is 12.0 Å². The Bertz CT molecular complexity index is 613. The Morgan fingerprint density at radius 1 is 1.43 bits per heavy atom. The van der Waals surface area contributed by atoms with E-state index in [1.807, 2.05) is 31.2 Å². The molecular formula is C16H19N3O2. The van der Waals surface area contributed by atoms with Crippen LogP contribution in [0.5, 0.6) is 0 Å². The molecule has 1 aliphatic heterocycles. The second kappa shape index (κ2) is 6.10. The van der Waals surface area contributed by atoms with Crippen molar-refractivity contribution in [2.24, 2.45) is 0 Å². The maximum atomic E-state index is 12.0. The third-order valence-electron chi connectivity index (χ3n) is 3.75. The number of benzene rings is 1. The molecule has 0 aliphatic carbocycles. The van der Waals surface area contributed by atoms with Gasteiger partial charge in [-0.25, -0.2) is 0 Å². The smallest absolute Gasteiger partial charge is 0.289 e. The number of nitrogens with zero attached hydrogens (tertiary/aromatic N) is 1. The van der Waals surface area contributed by atoms with Crippen molar-refractivity contribution in [3.63, 3.8) is 0 Å². The molecule has 1 fully saturated rings. The molecule has 5 heteroatoms. The molecule has 1 aromatic carbocycles. The van der Waals surface area contributed by atoms with Crippen molar-refractivity contribution in [3.8, 4) is 11.3 Å². The third-order valence-corrected chi connectivity index (χ3v) is 3.75. The first kappa shape index (κ1) is 13.8. The number of aryl methyl sites for hydroxylation is 1. The Hall–Kier alpha value is -2.14. The first-order chi connectivity index (χ1) is 10.2. The van der Waals surface area contributed by atoms with Crippen LogP contribution in [-0.4, -0.2) is 30.2 Å². The predicted octanol–water partition coefficient (Wildman–Crippen LogP) is 2.13. The first-order valence-corrected chi connectivity index (χ1v) is 7.28. The van der Waals surface area contributed by atoms with E-state index >= 15 is 0 Å². The van der Waals surface area contributed by atoms with Crippen molar-refractivity contribution >= 4 is 5.91 Å². The van der Waals surface area contributed by atoms with Crippen LogP contribution >= 0.6 is 0 Å². The Labute approximate surface area is 123 Å². The van der Waals surface area contributed by atoms with Crippen molar-refractivity contribution in [2.75, 3.05) is 13.1 Å². The number of hydrogen-bond donors (Lipinski definition) is 2. The maximum absolute atomic E-state index is 12.0. The molecule has 1 amide bonds. The fourth-order valence-electron chi connectivity index (χ4n) is 2.48. The van der Waals surface area contributed by atoms with Crippen LogP contribution in [0, 0.1) is 6.92 Å². The summed E-state index contributed by atoms with van der Waals surface area (Å²) in [6.07, 6.45) is 2.27. The van der Waals surface area contributed by atoms with Gasteiger partial charge in [-0.15, -0.1) is 0 Å². The van der Waals surface area contributed by atoms with Gasteiger partial charge in [0.15, 0.2) is 0 Å². The molecular weight excluding hydrogens is 266 g/mol. The van der Waals surface area contributed by atoms with Gasteiger partial charge in [0.2, 0.25) is 5.76 Å². The number of carbonyl (C=O) groups is 1. The van der Waals surface area contributed by atoms with Crippen molar-refractivity contribution in [2.45, 2.75) is 25.8 Å². The zero-order valence-corrected chi connectivity index (χ0v) is 12.1. The quantitative estimate of drug-likeness (QED) is 0.903. The number of nitrogens with one attached hydrogen (secondary N) is 2. The van der Waals surface area contributed by atoms with Crippen LogP contribution in [0.3, 0.4) is 0 Å². The summed E-state index contributed by atoms with van der Waals surface area (Å²) in [6, 6.07) is 10.0. The zero-order valence-electron chi connectivity index (χ0n) is 12.1. The fourth-order valence-corrected chi connectivity index (χ4v) is 2.48. The maximum Gasteiger partial charge on any atom is 0.289 e. The fraction of sp³-hybridized carbons (Fsp3) is 0.375. The summed E-state index contributed by atoms with van der Waals surface area (Å²) in [4.78, 5) is 12.0. The molecule has 1 unspecified atom stereocenters. The zero-order chi connectivity index (χ0) is 14.7. The molecule has 2 heterocycles. The Morgan fingerprint density at radius 2 is 2.24 bits per heavy atom. The summed E-state index contributed by atoms with van der Waals surface area (Å²) in [5.41, 5.74) is 2.81. The molecule has 2 aromatic rings. The van der Waals surface area contributed by atoms with Gasteiger partial charge in [0, 0.05) is 24.2 Å². The summed E-state index contributed by atoms with van der Waals surface area (Å²) >= 11 is 0. The van der Waals surface area contributed by atoms with Crippen LogP contribution in [0.2, 0.25) is 0 Å². The van der Waals surface area contributed by atoms with E-state index in [0.717, 1.165) is 18.5 Å². The molecule has 3 rings (SSSR count). The van der Waals surface area contributed by atoms with Gasteiger partial charge in [-0.2, -0.15) is 0 Å². The largest absolute Gasteiger partial charge is 0.350 e. The Balaban J connectivity index is 1.63. The molecule has 2 N–H and O–H groups in total. The van der Waals surface area contributed by atoms with E-state index in [4.69, 9.17) is 4.52 Å². The molecule has 0 bridgehead atoms. The second-order valence-electron chi connectivity index (χ2n) is 5.45. The highest BCUT2D eigenvalue weighted by Crippen LogP contribution is 2.19. The van der Waals surface area contributed by atoms with Gasteiger partial charge in [0.05, 0.1) is 0 Å². The van der Waals surface area contributed by atoms with Crippen LogP contribution < -0.4 is 10.6 Å². The van der Waals surface area contributed by atoms with E-state index < -0.39 is 0 Å². The SMILES string of the molecule is Cc1ccc(-c2cc(C(=O)NCC3CCCN3)on2)cc1. The molecule has 1 saturated heterocycles. The highest BCUT2D eigenvalue weighted by atomic mass is 16.5. The number of amides is 1. The lowest BCUT2D eigenvalue weighted by Crippen LogP contribution is -2.37. The number of rotatable bonds is 4. The lowest BCUT2D eigenvalue weighted by molar-refractivity contribution is 0.0913. The molecule has 1 atom stereocenters. The van der Waals surface area contributed by atoms with Gasteiger partial charge in [-0.05, 0) is 26.3 Å². The van der Waals surface area contributed by atoms with E-state index in [1.54, 1.807) is 6.07 Å². The Kier molecular flexibility index (Phi) is 4.01. The summed E-state index contributed by atoms with van der Waals surface area (Å²) in [5, 5.41) is 10.2. The molecule has 5 nitrogen and oxygen atoms in total. The summed E-state index contributed by atoms with van der Waals surface area (Å²) in [6.45, 7) is 3.68. The first-order valence-electron chi connectivity index (χ1n) is 7.28. The van der Waals surface area contributed by atoms with E-state index in [-0.39, 0.29) is 11.7 Å². The lowest BCUT2D eigenvalue weighted by atomic mass is 10.1. The standard InChI is InChI=1S/C16H19N3O2/c1-11-4-6-12(7-5-11)14-9-15(21-19-14)16(20)18-10-13-3-2-8-17-13/h4-7,9,13,17H,2-3,8,10H2,1H3,(H,18,20). The van der Waals surface area contributed by atoms with Gasteiger partial charge in [0.25, 0.3) is 5.91 Å². The van der Waals surface area contributed by atoms with Gasteiger partial charge >= 0.3 is 0 Å².